The Morgan fingerprint density at radius 3 is 2.64 bits per heavy atom. The molecular weight excluding hydrogens is 325 g/mol. The van der Waals surface area contributed by atoms with Gasteiger partial charge in [-0.1, -0.05) is 26.7 Å². The van der Waals surface area contributed by atoms with Gasteiger partial charge in [0.15, 0.2) is 17.7 Å². The predicted molar refractivity (Wildman–Crippen MR) is 91.9 cm³/mol. The van der Waals surface area contributed by atoms with Crippen molar-refractivity contribution < 1.29 is 23.5 Å². The Labute approximate surface area is 147 Å². The third kappa shape index (κ3) is 4.71. The van der Waals surface area contributed by atoms with Gasteiger partial charge in [0.25, 0.3) is 5.91 Å². The molecule has 1 fully saturated rings. The van der Waals surface area contributed by atoms with Gasteiger partial charge in [-0.15, -0.1) is 0 Å². The Hall–Kier alpha value is -2.11. The number of amides is 1. The van der Waals surface area contributed by atoms with Crippen LogP contribution in [-0.4, -0.2) is 31.1 Å². The molecule has 0 radical (unpaired) electrons. The van der Waals surface area contributed by atoms with E-state index in [4.69, 9.17) is 9.47 Å². The SMILES string of the molecule is COc1ccc(C(=O)O[C@H](C)C(=O)N[C@@H]2CCC[C@H](C)[C@H]2C)cc1F. The predicted octanol–water partition coefficient (Wildman–Crippen LogP) is 3.32. The van der Waals surface area contributed by atoms with Crippen LogP contribution in [0, 0.1) is 17.7 Å². The van der Waals surface area contributed by atoms with Gasteiger partial charge in [0.1, 0.15) is 0 Å². The number of hydrogen-bond donors (Lipinski definition) is 1. The van der Waals surface area contributed by atoms with Crippen molar-refractivity contribution in [2.45, 2.75) is 52.2 Å². The molecule has 0 unspecified atom stereocenters. The van der Waals surface area contributed by atoms with Crippen molar-refractivity contribution in [3.63, 3.8) is 0 Å². The van der Waals surface area contributed by atoms with E-state index in [1.54, 1.807) is 0 Å². The Morgan fingerprint density at radius 1 is 1.28 bits per heavy atom. The molecule has 0 bridgehead atoms. The molecule has 6 heteroatoms. The summed E-state index contributed by atoms with van der Waals surface area (Å²) in [6.07, 6.45) is 2.24. The number of carbonyl (C=O) groups excluding carboxylic acids is 2. The summed E-state index contributed by atoms with van der Waals surface area (Å²) in [6.45, 7) is 5.83. The highest BCUT2D eigenvalue weighted by atomic mass is 19.1. The Balaban J connectivity index is 1.94. The minimum atomic E-state index is -0.943. The summed E-state index contributed by atoms with van der Waals surface area (Å²) >= 11 is 0. The van der Waals surface area contributed by atoms with E-state index in [1.807, 2.05) is 0 Å². The summed E-state index contributed by atoms with van der Waals surface area (Å²) in [6, 6.07) is 3.88. The van der Waals surface area contributed by atoms with Gasteiger partial charge < -0.3 is 14.8 Å². The van der Waals surface area contributed by atoms with Crippen LogP contribution in [0.5, 0.6) is 5.75 Å². The minimum Gasteiger partial charge on any atom is -0.494 e. The fraction of sp³-hybridized carbons (Fsp3) is 0.579. The van der Waals surface area contributed by atoms with Crippen LogP contribution in [0.3, 0.4) is 0 Å². The van der Waals surface area contributed by atoms with E-state index in [0.29, 0.717) is 11.8 Å². The Kier molecular flexibility index (Phi) is 6.39. The Morgan fingerprint density at radius 2 is 2.00 bits per heavy atom. The maximum Gasteiger partial charge on any atom is 0.339 e. The molecule has 2 rings (SSSR count). The molecule has 1 N–H and O–H groups in total. The van der Waals surface area contributed by atoms with Gasteiger partial charge in [0.05, 0.1) is 12.7 Å². The lowest BCUT2D eigenvalue weighted by molar-refractivity contribution is -0.130. The summed E-state index contributed by atoms with van der Waals surface area (Å²) in [4.78, 5) is 24.4. The number of hydrogen-bond acceptors (Lipinski definition) is 4. The van der Waals surface area contributed by atoms with Gasteiger partial charge in [-0.05, 0) is 43.4 Å². The second-order valence-electron chi connectivity index (χ2n) is 6.78. The molecule has 4 atom stereocenters. The fourth-order valence-corrected chi connectivity index (χ4v) is 3.16. The zero-order chi connectivity index (χ0) is 18.6. The zero-order valence-corrected chi connectivity index (χ0v) is 15.2. The lowest BCUT2D eigenvalue weighted by Gasteiger charge is -2.35. The van der Waals surface area contributed by atoms with Crippen LogP contribution in [0.4, 0.5) is 4.39 Å². The molecule has 25 heavy (non-hydrogen) atoms. The van der Waals surface area contributed by atoms with E-state index in [0.717, 1.165) is 18.9 Å². The number of benzene rings is 1. The van der Waals surface area contributed by atoms with Crippen molar-refractivity contribution in [3.8, 4) is 5.75 Å². The van der Waals surface area contributed by atoms with Gasteiger partial charge >= 0.3 is 5.97 Å². The first-order chi connectivity index (χ1) is 11.8. The first-order valence-corrected chi connectivity index (χ1v) is 8.68. The molecule has 1 aliphatic rings. The first-order valence-electron chi connectivity index (χ1n) is 8.68. The molecule has 0 aliphatic heterocycles. The monoisotopic (exact) mass is 351 g/mol. The quantitative estimate of drug-likeness (QED) is 0.827. The molecule has 1 aromatic rings. The van der Waals surface area contributed by atoms with Gasteiger partial charge in [0, 0.05) is 6.04 Å². The molecule has 0 spiro atoms. The maximum absolute atomic E-state index is 13.7. The van der Waals surface area contributed by atoms with Crippen molar-refractivity contribution >= 4 is 11.9 Å². The van der Waals surface area contributed by atoms with E-state index in [9.17, 15) is 14.0 Å². The van der Waals surface area contributed by atoms with Crippen molar-refractivity contribution in [2.24, 2.45) is 11.8 Å². The fourth-order valence-electron chi connectivity index (χ4n) is 3.16. The average molecular weight is 351 g/mol. The third-order valence-electron chi connectivity index (χ3n) is 5.08. The molecule has 1 amide bonds. The molecule has 1 aromatic carbocycles. The summed E-state index contributed by atoms with van der Waals surface area (Å²) in [5.41, 5.74) is 0.0395. The van der Waals surface area contributed by atoms with Gasteiger partial charge in [-0.3, -0.25) is 4.79 Å². The lowest BCUT2D eigenvalue weighted by Crippen LogP contribution is -2.47. The third-order valence-corrected chi connectivity index (χ3v) is 5.08. The van der Waals surface area contributed by atoms with Crippen molar-refractivity contribution in [1.29, 1.82) is 0 Å². The summed E-state index contributed by atoms with van der Waals surface area (Å²) < 4.78 is 23.7. The normalized spacial score (nSPS) is 24.3. The van der Waals surface area contributed by atoms with Gasteiger partial charge in [0.2, 0.25) is 0 Å². The second kappa shape index (κ2) is 8.32. The molecule has 0 saturated heterocycles. The van der Waals surface area contributed by atoms with E-state index < -0.39 is 17.9 Å². The van der Waals surface area contributed by atoms with Crippen LogP contribution >= 0.6 is 0 Å². The van der Waals surface area contributed by atoms with E-state index in [1.165, 1.54) is 32.6 Å². The average Bonchev–Trinajstić information content (AvgIpc) is 2.58. The molecule has 0 aromatic heterocycles. The maximum atomic E-state index is 13.7. The van der Waals surface area contributed by atoms with Crippen LogP contribution in [0.15, 0.2) is 18.2 Å². The summed E-state index contributed by atoms with van der Waals surface area (Å²) in [7, 11) is 1.34. The van der Waals surface area contributed by atoms with Crippen LogP contribution in [0.25, 0.3) is 0 Å². The molecular formula is C19H26FNO4. The highest BCUT2D eigenvalue weighted by Gasteiger charge is 2.30. The molecule has 1 saturated carbocycles. The Bertz CT molecular complexity index is 634. The van der Waals surface area contributed by atoms with Gasteiger partial charge in [-0.2, -0.15) is 0 Å². The number of esters is 1. The molecule has 138 valence electrons. The highest BCUT2D eigenvalue weighted by Crippen LogP contribution is 2.29. The smallest absolute Gasteiger partial charge is 0.339 e. The van der Waals surface area contributed by atoms with Gasteiger partial charge in [-0.25, -0.2) is 9.18 Å². The van der Waals surface area contributed by atoms with Crippen LogP contribution in [0.2, 0.25) is 0 Å². The summed E-state index contributed by atoms with van der Waals surface area (Å²) in [5, 5.41) is 2.98. The summed E-state index contributed by atoms with van der Waals surface area (Å²) in [5.74, 6) is -0.736. The molecule has 0 heterocycles. The van der Waals surface area contributed by atoms with E-state index in [-0.39, 0.29) is 23.3 Å². The van der Waals surface area contributed by atoms with Crippen molar-refractivity contribution in [1.82, 2.24) is 5.32 Å². The van der Waals surface area contributed by atoms with Crippen molar-refractivity contribution in [3.05, 3.63) is 29.6 Å². The largest absolute Gasteiger partial charge is 0.494 e. The minimum absolute atomic E-state index is 0.0395. The standard InChI is InChI=1S/C19H26FNO4/c1-11-6-5-7-16(12(11)2)21-18(22)13(3)25-19(23)14-8-9-17(24-4)15(20)10-14/h8-13,16H,5-7H2,1-4H3,(H,21,22)/t11-,12+,13+,16+/m0/s1. The lowest BCUT2D eigenvalue weighted by atomic mass is 9.78. The van der Waals surface area contributed by atoms with Crippen LogP contribution in [0.1, 0.15) is 50.4 Å². The topological polar surface area (TPSA) is 64.6 Å². The van der Waals surface area contributed by atoms with Crippen molar-refractivity contribution in [2.75, 3.05) is 7.11 Å². The number of halogens is 1. The number of ether oxygens (including phenoxy) is 2. The zero-order valence-electron chi connectivity index (χ0n) is 15.2. The number of nitrogens with one attached hydrogen (secondary N) is 1. The number of methoxy groups -OCH3 is 1. The number of rotatable bonds is 5. The highest BCUT2D eigenvalue weighted by molar-refractivity contribution is 5.92. The van der Waals surface area contributed by atoms with Crippen LogP contribution < -0.4 is 10.1 Å². The molecule has 1 aliphatic carbocycles. The van der Waals surface area contributed by atoms with Crippen LogP contribution in [-0.2, 0) is 9.53 Å². The second-order valence-corrected chi connectivity index (χ2v) is 6.78. The molecule has 5 nitrogen and oxygen atoms in total. The van der Waals surface area contributed by atoms with E-state index in [2.05, 4.69) is 19.2 Å². The van der Waals surface area contributed by atoms with E-state index >= 15 is 0 Å². The number of carbonyl (C=O) groups is 2. The first kappa shape index (κ1) is 19.2.